The number of hydrogen-bond donors (Lipinski definition) is 2. The molecule has 0 aliphatic heterocycles. The fourth-order valence-electron chi connectivity index (χ4n) is 1.89. The van der Waals surface area contributed by atoms with Crippen molar-refractivity contribution in [1.29, 1.82) is 0 Å². The Morgan fingerprint density at radius 2 is 1.90 bits per heavy atom. The smallest absolute Gasteiger partial charge is 0.255 e. The average Bonchev–Trinajstić information content (AvgIpc) is 2.48. The monoisotopic (exact) mass is 286 g/mol. The summed E-state index contributed by atoms with van der Waals surface area (Å²) < 4.78 is 10.5. The largest absolute Gasteiger partial charge is 0.495 e. The van der Waals surface area contributed by atoms with Crippen LogP contribution in [0.25, 0.3) is 0 Å². The normalized spacial score (nSPS) is 10.0. The Labute approximate surface area is 123 Å². The number of rotatable bonds is 5. The van der Waals surface area contributed by atoms with Gasteiger partial charge in [-0.25, -0.2) is 0 Å². The van der Waals surface area contributed by atoms with Crippen LogP contribution in [0.5, 0.6) is 11.5 Å². The van der Waals surface area contributed by atoms with E-state index in [2.05, 4.69) is 5.32 Å². The van der Waals surface area contributed by atoms with E-state index in [0.29, 0.717) is 29.3 Å². The molecule has 0 aliphatic rings. The highest BCUT2D eigenvalue weighted by atomic mass is 16.5. The van der Waals surface area contributed by atoms with Crippen molar-refractivity contribution in [2.75, 3.05) is 24.8 Å². The van der Waals surface area contributed by atoms with Gasteiger partial charge in [-0.2, -0.15) is 0 Å². The summed E-state index contributed by atoms with van der Waals surface area (Å²) >= 11 is 0. The van der Waals surface area contributed by atoms with E-state index < -0.39 is 0 Å². The average molecular weight is 286 g/mol. The second kappa shape index (κ2) is 6.65. The number of ether oxygens (including phenoxy) is 2. The molecule has 0 fully saturated rings. The van der Waals surface area contributed by atoms with Crippen molar-refractivity contribution in [2.24, 2.45) is 0 Å². The third kappa shape index (κ3) is 3.66. The van der Waals surface area contributed by atoms with Gasteiger partial charge < -0.3 is 20.5 Å². The predicted octanol–water partition coefficient (Wildman–Crippen LogP) is 2.93. The lowest BCUT2D eigenvalue weighted by atomic mass is 10.2. The maximum Gasteiger partial charge on any atom is 0.255 e. The molecule has 2 rings (SSSR count). The van der Waals surface area contributed by atoms with Crippen LogP contribution in [-0.2, 0) is 0 Å². The molecule has 0 unspecified atom stereocenters. The Balaban J connectivity index is 2.15. The number of amides is 1. The molecular formula is C16H18N2O3. The molecule has 110 valence electrons. The highest BCUT2D eigenvalue weighted by Crippen LogP contribution is 2.27. The minimum absolute atomic E-state index is 0.234. The van der Waals surface area contributed by atoms with Crippen LogP contribution in [0.2, 0.25) is 0 Å². The van der Waals surface area contributed by atoms with E-state index in [1.54, 1.807) is 42.5 Å². The SMILES string of the molecule is CCOc1ccc(C(=O)Nc2cc(N)ccc2OC)cc1. The topological polar surface area (TPSA) is 73.6 Å². The van der Waals surface area contributed by atoms with Crippen LogP contribution >= 0.6 is 0 Å². The number of nitrogens with two attached hydrogens (primary N) is 1. The zero-order valence-electron chi connectivity index (χ0n) is 12.1. The van der Waals surface area contributed by atoms with Crippen molar-refractivity contribution in [3.63, 3.8) is 0 Å². The van der Waals surface area contributed by atoms with Gasteiger partial charge in [-0.1, -0.05) is 0 Å². The van der Waals surface area contributed by atoms with Crippen LogP contribution in [-0.4, -0.2) is 19.6 Å². The van der Waals surface area contributed by atoms with Gasteiger partial charge in [0.15, 0.2) is 0 Å². The molecule has 0 saturated carbocycles. The number of methoxy groups -OCH3 is 1. The number of hydrogen-bond acceptors (Lipinski definition) is 4. The molecule has 2 aromatic carbocycles. The van der Waals surface area contributed by atoms with Crippen molar-refractivity contribution in [1.82, 2.24) is 0 Å². The van der Waals surface area contributed by atoms with Crippen LogP contribution in [0.15, 0.2) is 42.5 Å². The van der Waals surface area contributed by atoms with Crippen LogP contribution < -0.4 is 20.5 Å². The van der Waals surface area contributed by atoms with E-state index in [9.17, 15) is 4.79 Å². The van der Waals surface area contributed by atoms with E-state index in [1.807, 2.05) is 6.92 Å². The molecule has 1 amide bonds. The minimum Gasteiger partial charge on any atom is -0.495 e. The van der Waals surface area contributed by atoms with Gasteiger partial charge in [-0.05, 0) is 49.4 Å². The molecule has 2 aromatic rings. The van der Waals surface area contributed by atoms with E-state index in [-0.39, 0.29) is 5.91 Å². The van der Waals surface area contributed by atoms with Crippen LogP contribution in [0.4, 0.5) is 11.4 Å². The first kappa shape index (κ1) is 14.7. The molecule has 0 saturated heterocycles. The van der Waals surface area contributed by atoms with Gasteiger partial charge >= 0.3 is 0 Å². The molecule has 5 heteroatoms. The molecule has 0 radical (unpaired) electrons. The Morgan fingerprint density at radius 3 is 2.52 bits per heavy atom. The summed E-state index contributed by atoms with van der Waals surface area (Å²) in [7, 11) is 1.54. The molecule has 0 spiro atoms. The van der Waals surface area contributed by atoms with Gasteiger partial charge in [0.25, 0.3) is 5.91 Å². The highest BCUT2D eigenvalue weighted by molar-refractivity contribution is 6.05. The van der Waals surface area contributed by atoms with Crippen molar-refractivity contribution in [3.05, 3.63) is 48.0 Å². The van der Waals surface area contributed by atoms with E-state index >= 15 is 0 Å². The summed E-state index contributed by atoms with van der Waals surface area (Å²) in [4.78, 5) is 12.2. The number of carbonyl (C=O) groups is 1. The van der Waals surface area contributed by atoms with Crippen molar-refractivity contribution in [2.45, 2.75) is 6.92 Å². The van der Waals surface area contributed by atoms with Crippen LogP contribution in [0, 0.1) is 0 Å². The number of nitrogen functional groups attached to an aromatic ring is 1. The maximum absolute atomic E-state index is 12.2. The van der Waals surface area contributed by atoms with Gasteiger partial charge in [-0.3, -0.25) is 4.79 Å². The zero-order chi connectivity index (χ0) is 15.2. The Hall–Kier alpha value is -2.69. The van der Waals surface area contributed by atoms with Gasteiger partial charge in [0.2, 0.25) is 0 Å². The molecule has 5 nitrogen and oxygen atoms in total. The van der Waals surface area contributed by atoms with E-state index in [1.165, 1.54) is 7.11 Å². The first-order chi connectivity index (χ1) is 10.1. The summed E-state index contributed by atoms with van der Waals surface area (Å²) in [6, 6.07) is 12.0. The summed E-state index contributed by atoms with van der Waals surface area (Å²) in [6.07, 6.45) is 0. The molecule has 0 atom stereocenters. The fourth-order valence-corrected chi connectivity index (χ4v) is 1.89. The predicted molar refractivity (Wildman–Crippen MR) is 83.0 cm³/mol. The quantitative estimate of drug-likeness (QED) is 0.829. The summed E-state index contributed by atoms with van der Waals surface area (Å²) in [6.45, 7) is 2.50. The van der Waals surface area contributed by atoms with E-state index in [0.717, 1.165) is 5.75 Å². The summed E-state index contributed by atoms with van der Waals surface area (Å²) in [5.74, 6) is 1.06. The molecule has 3 N–H and O–H groups in total. The second-order valence-electron chi connectivity index (χ2n) is 4.37. The van der Waals surface area contributed by atoms with Gasteiger partial charge in [0.1, 0.15) is 11.5 Å². The van der Waals surface area contributed by atoms with Crippen molar-refractivity contribution >= 4 is 17.3 Å². The Morgan fingerprint density at radius 1 is 1.19 bits per heavy atom. The molecule has 0 bridgehead atoms. The van der Waals surface area contributed by atoms with Gasteiger partial charge in [0.05, 0.1) is 19.4 Å². The van der Waals surface area contributed by atoms with E-state index in [4.69, 9.17) is 15.2 Å². The van der Waals surface area contributed by atoms with Gasteiger partial charge in [-0.15, -0.1) is 0 Å². The second-order valence-corrected chi connectivity index (χ2v) is 4.37. The molecule has 0 aliphatic carbocycles. The van der Waals surface area contributed by atoms with Crippen molar-refractivity contribution in [3.8, 4) is 11.5 Å². The third-order valence-corrected chi connectivity index (χ3v) is 2.90. The number of anilines is 2. The number of carbonyl (C=O) groups excluding carboxylic acids is 1. The number of nitrogens with one attached hydrogen (secondary N) is 1. The Bertz CT molecular complexity index is 624. The lowest BCUT2D eigenvalue weighted by Gasteiger charge is -2.11. The lowest BCUT2D eigenvalue weighted by Crippen LogP contribution is -2.12. The highest BCUT2D eigenvalue weighted by Gasteiger charge is 2.10. The molecule has 0 heterocycles. The molecule has 0 aromatic heterocycles. The Kier molecular flexibility index (Phi) is 4.66. The maximum atomic E-state index is 12.2. The van der Waals surface area contributed by atoms with Crippen LogP contribution in [0.3, 0.4) is 0 Å². The number of benzene rings is 2. The van der Waals surface area contributed by atoms with Crippen LogP contribution in [0.1, 0.15) is 17.3 Å². The molecular weight excluding hydrogens is 268 g/mol. The summed E-state index contributed by atoms with van der Waals surface area (Å²) in [5, 5.41) is 2.79. The molecule has 21 heavy (non-hydrogen) atoms. The standard InChI is InChI=1S/C16H18N2O3/c1-3-21-13-7-4-11(5-8-13)16(19)18-14-10-12(17)6-9-15(14)20-2/h4-10H,3,17H2,1-2H3,(H,18,19). The first-order valence-electron chi connectivity index (χ1n) is 6.61. The summed E-state index contributed by atoms with van der Waals surface area (Å²) in [5.41, 5.74) is 7.35. The minimum atomic E-state index is -0.234. The first-order valence-corrected chi connectivity index (χ1v) is 6.61. The third-order valence-electron chi connectivity index (χ3n) is 2.90. The lowest BCUT2D eigenvalue weighted by molar-refractivity contribution is 0.102. The zero-order valence-corrected chi connectivity index (χ0v) is 12.1. The van der Waals surface area contributed by atoms with Crippen molar-refractivity contribution < 1.29 is 14.3 Å². The van der Waals surface area contributed by atoms with Gasteiger partial charge in [0, 0.05) is 11.3 Å². The fraction of sp³-hybridized carbons (Fsp3) is 0.188.